The summed E-state index contributed by atoms with van der Waals surface area (Å²) in [4.78, 5) is 19.3. The van der Waals surface area contributed by atoms with Crippen LogP contribution in [0, 0.1) is 30.0 Å². The Bertz CT molecular complexity index is 1450. The van der Waals surface area contributed by atoms with Gasteiger partial charge in [0.2, 0.25) is 0 Å². The standard InChI is InChI=1S/C29H31FN4OS/c1-7-19(3)27(32-24-14-13-20(4)25(30)16-24)33-28-21(8-2)15-23(17-31)29(35)34(28)18-22-11-9-10-12-26(22)36(5)6/h8-16,19H,2,5,7,18H2,1,3-4,6H3,(H,32,33). The van der Waals surface area contributed by atoms with Crippen molar-refractivity contribution in [3.63, 3.8) is 0 Å². The molecule has 0 saturated carbocycles. The highest BCUT2D eigenvalue weighted by Crippen LogP contribution is 2.28. The van der Waals surface area contributed by atoms with Crippen molar-refractivity contribution in [3.05, 3.63) is 93.5 Å². The molecule has 2 aromatic carbocycles. The number of aryl methyl sites for hydroxylation is 1. The molecule has 7 heteroatoms. The molecule has 1 aromatic heterocycles. The molecule has 3 rings (SSSR count). The summed E-state index contributed by atoms with van der Waals surface area (Å²) < 4.78 is 15.7. The maximum Gasteiger partial charge on any atom is 0.270 e. The summed E-state index contributed by atoms with van der Waals surface area (Å²) >= 11 is 0. The van der Waals surface area contributed by atoms with Crippen LogP contribution in [-0.2, 0) is 6.54 Å². The number of aliphatic imine (C=N–C) groups is 1. The highest BCUT2D eigenvalue weighted by Gasteiger charge is 2.18. The van der Waals surface area contributed by atoms with Crippen molar-refractivity contribution in [2.75, 3.05) is 11.6 Å². The molecule has 3 aromatic rings. The molecule has 186 valence electrons. The van der Waals surface area contributed by atoms with Gasteiger partial charge in [-0.25, -0.2) is 9.38 Å². The van der Waals surface area contributed by atoms with E-state index in [1.807, 2.05) is 50.4 Å². The van der Waals surface area contributed by atoms with Crippen LogP contribution in [0.2, 0.25) is 0 Å². The van der Waals surface area contributed by atoms with E-state index < -0.39 is 5.56 Å². The van der Waals surface area contributed by atoms with E-state index in [0.717, 1.165) is 16.9 Å². The van der Waals surface area contributed by atoms with Crippen LogP contribution < -0.4 is 10.9 Å². The molecule has 0 aliphatic rings. The maximum atomic E-state index is 14.2. The summed E-state index contributed by atoms with van der Waals surface area (Å²) in [5, 5.41) is 12.9. The van der Waals surface area contributed by atoms with Crippen LogP contribution >= 0.6 is 10.5 Å². The van der Waals surface area contributed by atoms with Crippen molar-refractivity contribution >= 4 is 39.8 Å². The lowest BCUT2D eigenvalue weighted by Crippen LogP contribution is -2.26. The van der Waals surface area contributed by atoms with Gasteiger partial charge < -0.3 is 5.32 Å². The van der Waals surface area contributed by atoms with Crippen molar-refractivity contribution in [2.24, 2.45) is 10.9 Å². The molecule has 2 atom stereocenters. The minimum Gasteiger partial charge on any atom is -0.343 e. The largest absolute Gasteiger partial charge is 0.343 e. The van der Waals surface area contributed by atoms with E-state index in [0.29, 0.717) is 28.5 Å². The molecule has 2 unspecified atom stereocenters. The highest BCUT2D eigenvalue weighted by atomic mass is 32.2. The second-order valence-corrected chi connectivity index (χ2v) is 10.4. The number of hydrogen-bond donors (Lipinski definition) is 1. The molecule has 1 heterocycles. The van der Waals surface area contributed by atoms with Crippen LogP contribution in [0.1, 0.15) is 42.5 Å². The minimum absolute atomic E-state index is 0.0140. The maximum absolute atomic E-state index is 14.2. The fourth-order valence-electron chi connectivity index (χ4n) is 3.71. The summed E-state index contributed by atoms with van der Waals surface area (Å²) in [6.07, 6.45) is 4.38. The van der Waals surface area contributed by atoms with E-state index in [2.05, 4.69) is 17.8 Å². The zero-order chi connectivity index (χ0) is 26.4. The summed E-state index contributed by atoms with van der Waals surface area (Å²) in [7, 11) is -0.276. The fraction of sp³-hybridized carbons (Fsp3) is 0.241. The second-order valence-electron chi connectivity index (χ2n) is 8.68. The van der Waals surface area contributed by atoms with E-state index in [4.69, 9.17) is 4.99 Å². The number of hydrogen-bond acceptors (Lipinski definition) is 3. The SMILES string of the molecule is C=Cc1cc(C#N)c(=O)n(Cc2ccccc2S(=C)C)c1N=C(Nc1ccc(C)c(F)c1)C(C)CC. The number of amidine groups is 1. The van der Waals surface area contributed by atoms with Crippen LogP contribution in [0.3, 0.4) is 0 Å². The highest BCUT2D eigenvalue weighted by molar-refractivity contribution is 8.13. The number of halogens is 1. The van der Waals surface area contributed by atoms with Crippen LogP contribution in [0.15, 0.2) is 69.8 Å². The molecule has 36 heavy (non-hydrogen) atoms. The van der Waals surface area contributed by atoms with Crippen LogP contribution in [-0.4, -0.2) is 22.5 Å². The van der Waals surface area contributed by atoms with Gasteiger partial charge in [0.15, 0.2) is 0 Å². The smallest absolute Gasteiger partial charge is 0.270 e. The number of nitrogens with zero attached hydrogens (tertiary/aromatic N) is 3. The predicted molar refractivity (Wildman–Crippen MR) is 151 cm³/mol. The van der Waals surface area contributed by atoms with Crippen LogP contribution in [0.25, 0.3) is 6.08 Å². The molecule has 0 saturated heterocycles. The Labute approximate surface area is 214 Å². The first-order valence-corrected chi connectivity index (χ1v) is 13.5. The second kappa shape index (κ2) is 11.8. The Hall–Kier alpha value is -3.76. The monoisotopic (exact) mass is 502 g/mol. The molecule has 0 radical (unpaired) electrons. The fourth-order valence-corrected chi connectivity index (χ4v) is 4.60. The first-order valence-electron chi connectivity index (χ1n) is 11.7. The molecule has 0 aliphatic heterocycles. The van der Waals surface area contributed by atoms with Gasteiger partial charge in [0, 0.05) is 22.1 Å². The van der Waals surface area contributed by atoms with Crippen molar-refractivity contribution in [2.45, 2.75) is 38.6 Å². The summed E-state index contributed by atoms with van der Waals surface area (Å²) in [5.41, 5.74) is 2.20. The average molecular weight is 503 g/mol. The molecular weight excluding hydrogens is 471 g/mol. The van der Waals surface area contributed by atoms with Crippen LogP contribution in [0.4, 0.5) is 15.9 Å². The Morgan fingerprint density at radius 3 is 2.64 bits per heavy atom. The van der Waals surface area contributed by atoms with E-state index >= 15 is 0 Å². The normalized spacial score (nSPS) is 13.1. The van der Waals surface area contributed by atoms with Gasteiger partial charge in [0.1, 0.15) is 29.1 Å². The minimum atomic E-state index is -0.429. The van der Waals surface area contributed by atoms with Crippen LogP contribution in [0.5, 0.6) is 0 Å². The number of nitrogens with one attached hydrogen (secondary N) is 1. The van der Waals surface area contributed by atoms with Gasteiger partial charge in [-0.15, -0.1) is 0 Å². The predicted octanol–water partition coefficient (Wildman–Crippen LogP) is 6.74. The number of anilines is 1. The van der Waals surface area contributed by atoms with Gasteiger partial charge in [-0.2, -0.15) is 15.7 Å². The number of aromatic nitrogens is 1. The molecule has 0 amide bonds. The van der Waals surface area contributed by atoms with E-state index in [1.54, 1.807) is 25.1 Å². The van der Waals surface area contributed by atoms with Gasteiger partial charge in [0.05, 0.1) is 6.54 Å². The third-order valence-corrected chi connectivity index (χ3v) is 7.20. The number of nitriles is 1. The van der Waals surface area contributed by atoms with Gasteiger partial charge in [-0.05, 0) is 55.0 Å². The topological polar surface area (TPSA) is 70.2 Å². The van der Waals surface area contributed by atoms with Crippen molar-refractivity contribution in [1.29, 1.82) is 5.26 Å². The lowest BCUT2D eigenvalue weighted by molar-refractivity contribution is 0.619. The van der Waals surface area contributed by atoms with Crippen molar-refractivity contribution in [3.8, 4) is 6.07 Å². The lowest BCUT2D eigenvalue weighted by Gasteiger charge is -2.20. The third kappa shape index (κ3) is 5.89. The number of benzene rings is 2. The first-order chi connectivity index (χ1) is 17.2. The first kappa shape index (κ1) is 26.8. The summed E-state index contributed by atoms with van der Waals surface area (Å²) in [5.74, 6) is 4.81. The Morgan fingerprint density at radius 2 is 2.03 bits per heavy atom. The molecule has 1 N–H and O–H groups in total. The average Bonchev–Trinajstić information content (AvgIpc) is 2.87. The van der Waals surface area contributed by atoms with Gasteiger partial charge in [-0.1, -0.05) is 56.6 Å². The Kier molecular flexibility index (Phi) is 8.78. The summed E-state index contributed by atoms with van der Waals surface area (Å²) in [6, 6.07) is 16.3. The lowest BCUT2D eigenvalue weighted by atomic mass is 10.1. The van der Waals surface area contributed by atoms with E-state index in [9.17, 15) is 14.4 Å². The zero-order valence-corrected chi connectivity index (χ0v) is 22.0. The van der Waals surface area contributed by atoms with Gasteiger partial charge >= 0.3 is 0 Å². The van der Waals surface area contributed by atoms with E-state index in [-0.39, 0.29) is 34.3 Å². The molecule has 0 bridgehead atoms. The number of pyridine rings is 1. The molecule has 0 spiro atoms. The van der Waals surface area contributed by atoms with Gasteiger partial charge in [0.25, 0.3) is 5.56 Å². The van der Waals surface area contributed by atoms with Gasteiger partial charge in [-0.3, -0.25) is 9.36 Å². The molecular formula is C29H31FN4OS. The van der Waals surface area contributed by atoms with Crippen molar-refractivity contribution < 1.29 is 4.39 Å². The quantitative estimate of drug-likeness (QED) is 0.211. The molecule has 5 nitrogen and oxygen atoms in total. The Balaban J connectivity index is 2.25. The zero-order valence-electron chi connectivity index (χ0n) is 21.1. The molecule has 0 fully saturated rings. The third-order valence-electron chi connectivity index (χ3n) is 6.06. The Morgan fingerprint density at radius 1 is 1.31 bits per heavy atom. The summed E-state index contributed by atoms with van der Waals surface area (Å²) in [6.45, 7) is 9.87. The number of rotatable bonds is 8. The van der Waals surface area contributed by atoms with Crippen molar-refractivity contribution in [1.82, 2.24) is 4.57 Å². The van der Waals surface area contributed by atoms with E-state index in [1.165, 1.54) is 16.7 Å². The molecule has 0 aliphatic carbocycles.